The van der Waals surface area contributed by atoms with Crippen LogP contribution in [0.1, 0.15) is 28.4 Å². The summed E-state index contributed by atoms with van der Waals surface area (Å²) in [6.07, 6.45) is 3.95. The van der Waals surface area contributed by atoms with E-state index in [1.807, 2.05) is 18.2 Å². The summed E-state index contributed by atoms with van der Waals surface area (Å²) in [4.78, 5) is 19.7. The molecule has 2 N–H and O–H groups in total. The van der Waals surface area contributed by atoms with Crippen LogP contribution in [0.5, 0.6) is 0 Å². The van der Waals surface area contributed by atoms with Crippen molar-refractivity contribution in [2.75, 3.05) is 13.2 Å². The second kappa shape index (κ2) is 4.55. The highest BCUT2D eigenvalue weighted by atomic mass is 19.1. The molecular formula is C16H14FN3O. The molecule has 0 fully saturated rings. The lowest BCUT2D eigenvalue weighted by Gasteiger charge is -2.22. The molecule has 1 aliphatic heterocycles. The Hall–Kier alpha value is -2.43. The highest BCUT2D eigenvalue weighted by Crippen LogP contribution is 2.35. The van der Waals surface area contributed by atoms with Crippen LogP contribution in [-0.4, -0.2) is 29.1 Å². The van der Waals surface area contributed by atoms with Gasteiger partial charge in [-0.3, -0.25) is 14.2 Å². The maximum Gasteiger partial charge on any atom is 0.253 e. The molecule has 1 aromatic carbocycles. The molecule has 3 heterocycles. The Bertz CT molecular complexity index is 855. The highest BCUT2D eigenvalue weighted by Gasteiger charge is 2.29. The molecular weight excluding hydrogens is 269 g/mol. The number of alkyl halides is 1. The second-order valence-electron chi connectivity index (χ2n) is 5.38. The van der Waals surface area contributed by atoms with Gasteiger partial charge in [0.05, 0.1) is 17.8 Å². The molecule has 1 unspecified atom stereocenters. The molecule has 1 amide bonds. The minimum absolute atomic E-state index is 0.00647. The lowest BCUT2D eigenvalue weighted by atomic mass is 9.93. The highest BCUT2D eigenvalue weighted by molar-refractivity contribution is 6.15. The van der Waals surface area contributed by atoms with E-state index in [0.29, 0.717) is 18.5 Å². The fourth-order valence-corrected chi connectivity index (χ4v) is 3.19. The van der Waals surface area contributed by atoms with Crippen LogP contribution in [0, 0.1) is 0 Å². The van der Waals surface area contributed by atoms with E-state index in [1.54, 1.807) is 12.4 Å². The van der Waals surface area contributed by atoms with E-state index < -0.39 is 0 Å². The lowest BCUT2D eigenvalue weighted by Crippen LogP contribution is -2.34. The molecule has 4 nitrogen and oxygen atoms in total. The third-order valence-electron chi connectivity index (χ3n) is 4.22. The summed E-state index contributed by atoms with van der Waals surface area (Å²) in [6, 6.07) is 5.83. The molecule has 0 aliphatic carbocycles. The molecule has 3 aromatic rings. The number of fused-ring (bicyclic) bond motifs is 5. The van der Waals surface area contributed by atoms with Gasteiger partial charge in [0.2, 0.25) is 0 Å². The number of nitrogens with one attached hydrogen (secondary N) is 2. The fourth-order valence-electron chi connectivity index (χ4n) is 3.19. The third kappa shape index (κ3) is 1.73. The molecule has 0 bridgehead atoms. The first-order valence-electron chi connectivity index (χ1n) is 7.02. The predicted molar refractivity (Wildman–Crippen MR) is 79.3 cm³/mol. The summed E-state index contributed by atoms with van der Waals surface area (Å²) in [5.74, 6) is -0.0771. The Balaban J connectivity index is 2.05. The Morgan fingerprint density at radius 1 is 1.29 bits per heavy atom. The number of carbonyl (C=O) groups excluding carboxylic acids is 1. The van der Waals surface area contributed by atoms with Crippen LogP contribution in [0.2, 0.25) is 0 Å². The summed E-state index contributed by atoms with van der Waals surface area (Å²) in [7, 11) is 0. The lowest BCUT2D eigenvalue weighted by molar-refractivity contribution is 0.0940. The van der Waals surface area contributed by atoms with Crippen molar-refractivity contribution in [2.45, 2.75) is 12.3 Å². The number of rotatable bonds is 2. The Kier molecular flexibility index (Phi) is 2.67. The normalized spacial score (nSPS) is 18.0. The van der Waals surface area contributed by atoms with Crippen molar-refractivity contribution < 1.29 is 9.18 Å². The zero-order chi connectivity index (χ0) is 14.4. The zero-order valence-corrected chi connectivity index (χ0v) is 11.3. The Morgan fingerprint density at radius 3 is 3.05 bits per heavy atom. The molecule has 1 atom stereocenters. The molecule has 106 valence electrons. The molecule has 21 heavy (non-hydrogen) atoms. The third-order valence-corrected chi connectivity index (χ3v) is 4.22. The number of H-pyrrole nitrogens is 1. The average molecular weight is 283 g/mol. The van der Waals surface area contributed by atoms with Crippen LogP contribution < -0.4 is 5.32 Å². The topological polar surface area (TPSA) is 57.8 Å². The minimum atomic E-state index is -0.389. The smallest absolute Gasteiger partial charge is 0.253 e. The molecule has 4 rings (SSSR count). The fraction of sp³-hybridized carbons (Fsp3) is 0.250. The van der Waals surface area contributed by atoms with E-state index in [2.05, 4.69) is 15.3 Å². The first-order chi connectivity index (χ1) is 10.3. The maximum atomic E-state index is 12.7. The van der Waals surface area contributed by atoms with Gasteiger partial charge in [0.15, 0.2) is 0 Å². The van der Waals surface area contributed by atoms with Gasteiger partial charge in [0.25, 0.3) is 5.91 Å². The molecule has 5 heteroatoms. The van der Waals surface area contributed by atoms with Crippen LogP contribution in [0.4, 0.5) is 4.39 Å². The van der Waals surface area contributed by atoms with E-state index in [0.717, 1.165) is 27.4 Å². The molecule has 0 radical (unpaired) electrons. The van der Waals surface area contributed by atoms with E-state index >= 15 is 0 Å². The summed E-state index contributed by atoms with van der Waals surface area (Å²) in [5.41, 5.74) is 2.45. The van der Waals surface area contributed by atoms with Gasteiger partial charge in [-0.05, 0) is 12.5 Å². The molecule has 0 spiro atoms. The van der Waals surface area contributed by atoms with Crippen molar-refractivity contribution in [3.63, 3.8) is 0 Å². The van der Waals surface area contributed by atoms with Gasteiger partial charge in [-0.2, -0.15) is 0 Å². The SMILES string of the molecule is O=C1NCC(CCF)c2[nH]c3c(ccc4cnccc43)c21. The summed E-state index contributed by atoms with van der Waals surface area (Å²) in [6.45, 7) is 0.0993. The van der Waals surface area contributed by atoms with Crippen LogP contribution >= 0.6 is 0 Å². The van der Waals surface area contributed by atoms with Crippen molar-refractivity contribution in [3.8, 4) is 0 Å². The van der Waals surface area contributed by atoms with Gasteiger partial charge < -0.3 is 10.3 Å². The van der Waals surface area contributed by atoms with Gasteiger partial charge in [-0.25, -0.2) is 0 Å². The van der Waals surface area contributed by atoms with Crippen molar-refractivity contribution in [1.29, 1.82) is 0 Å². The van der Waals surface area contributed by atoms with E-state index in [9.17, 15) is 9.18 Å². The number of hydrogen-bond acceptors (Lipinski definition) is 2. The maximum absolute atomic E-state index is 12.7. The number of nitrogens with zero attached hydrogens (tertiary/aromatic N) is 1. The van der Waals surface area contributed by atoms with E-state index in [1.165, 1.54) is 0 Å². The second-order valence-corrected chi connectivity index (χ2v) is 5.38. The van der Waals surface area contributed by atoms with Gasteiger partial charge in [-0.1, -0.05) is 12.1 Å². The molecule has 0 saturated carbocycles. The molecule has 0 saturated heterocycles. The minimum Gasteiger partial charge on any atom is -0.357 e. The Labute approximate surface area is 120 Å². The van der Waals surface area contributed by atoms with Gasteiger partial charge in [-0.15, -0.1) is 0 Å². The van der Waals surface area contributed by atoms with Gasteiger partial charge >= 0.3 is 0 Å². The van der Waals surface area contributed by atoms with E-state index in [-0.39, 0.29) is 18.5 Å². The largest absolute Gasteiger partial charge is 0.357 e. The molecule has 1 aliphatic rings. The number of aromatic nitrogens is 2. The van der Waals surface area contributed by atoms with Crippen molar-refractivity contribution in [2.24, 2.45) is 0 Å². The quantitative estimate of drug-likeness (QED) is 0.759. The van der Waals surface area contributed by atoms with Gasteiger partial charge in [0, 0.05) is 46.7 Å². The monoisotopic (exact) mass is 283 g/mol. The van der Waals surface area contributed by atoms with Crippen LogP contribution in [0.3, 0.4) is 0 Å². The van der Waals surface area contributed by atoms with Crippen molar-refractivity contribution in [3.05, 3.63) is 41.9 Å². The summed E-state index contributed by atoms with van der Waals surface area (Å²) >= 11 is 0. The zero-order valence-electron chi connectivity index (χ0n) is 11.3. The average Bonchev–Trinajstić information content (AvgIpc) is 2.91. The number of halogens is 1. The number of carbonyl (C=O) groups is 1. The number of pyridine rings is 1. The number of amides is 1. The number of benzene rings is 1. The van der Waals surface area contributed by atoms with Crippen LogP contribution in [-0.2, 0) is 0 Å². The van der Waals surface area contributed by atoms with Crippen molar-refractivity contribution >= 4 is 27.6 Å². The predicted octanol–water partition coefficient (Wildman–Crippen LogP) is 2.90. The standard InChI is InChI=1S/C16H14FN3O/c17-5-3-10-8-19-16(21)13-12-2-1-9-7-18-6-4-11(9)15(12)20-14(10)13/h1-2,4,6-7,10,20H,3,5,8H2,(H,19,21). The first-order valence-corrected chi connectivity index (χ1v) is 7.02. The number of hydrogen-bond donors (Lipinski definition) is 2. The summed E-state index contributed by atoms with van der Waals surface area (Å²) in [5, 5.41) is 5.81. The Morgan fingerprint density at radius 2 is 2.19 bits per heavy atom. The van der Waals surface area contributed by atoms with Crippen LogP contribution in [0.25, 0.3) is 21.7 Å². The molecule has 2 aromatic heterocycles. The van der Waals surface area contributed by atoms with Gasteiger partial charge in [0.1, 0.15) is 0 Å². The van der Waals surface area contributed by atoms with E-state index in [4.69, 9.17) is 0 Å². The number of aromatic amines is 1. The van der Waals surface area contributed by atoms with Crippen LogP contribution in [0.15, 0.2) is 30.6 Å². The van der Waals surface area contributed by atoms with Crippen molar-refractivity contribution in [1.82, 2.24) is 15.3 Å². The summed E-state index contributed by atoms with van der Waals surface area (Å²) < 4.78 is 12.7. The first kappa shape index (κ1) is 12.3.